The number of carbonyl (C=O) groups is 2. The minimum Gasteiger partial charge on any atom is -0.450 e. The van der Waals surface area contributed by atoms with E-state index in [1.165, 1.54) is 15.6 Å². The zero-order valence-corrected chi connectivity index (χ0v) is 19.5. The van der Waals surface area contributed by atoms with E-state index in [4.69, 9.17) is 4.74 Å². The Bertz CT molecular complexity index is 828. The minimum atomic E-state index is -3.50. The number of likely N-dealkylation sites (tertiary alicyclic amines) is 1. The standard InChI is InChI=1S/C18H26BrN3O5S2/c1-2-27-18(24)21-9-7-14(8-10-21)20-17(23)13-5-11-22(12-6-13)29(25,26)16-4-3-15(19)28-16/h3-4,13-14H,2,5-12H2,1H3,(H,20,23). The fourth-order valence-electron chi connectivity index (χ4n) is 3.66. The normalized spacial score (nSPS) is 19.9. The third-order valence-corrected chi connectivity index (χ3v) is 9.32. The highest BCUT2D eigenvalue weighted by Gasteiger charge is 2.34. The van der Waals surface area contributed by atoms with Gasteiger partial charge in [-0.15, -0.1) is 11.3 Å². The van der Waals surface area contributed by atoms with Crippen molar-refractivity contribution in [2.24, 2.45) is 5.92 Å². The summed E-state index contributed by atoms with van der Waals surface area (Å²) in [5.74, 6) is -0.199. The Morgan fingerprint density at radius 3 is 2.38 bits per heavy atom. The lowest BCUT2D eigenvalue weighted by Crippen LogP contribution is -2.49. The highest BCUT2D eigenvalue weighted by Crippen LogP contribution is 2.31. The molecule has 3 rings (SSSR count). The van der Waals surface area contributed by atoms with E-state index < -0.39 is 10.0 Å². The molecule has 8 nitrogen and oxygen atoms in total. The molecule has 0 aliphatic carbocycles. The average molecular weight is 508 g/mol. The van der Waals surface area contributed by atoms with Gasteiger partial charge in [-0.25, -0.2) is 13.2 Å². The molecule has 0 atom stereocenters. The first-order chi connectivity index (χ1) is 13.8. The van der Waals surface area contributed by atoms with Crippen LogP contribution in [0.1, 0.15) is 32.6 Å². The van der Waals surface area contributed by atoms with Crippen molar-refractivity contribution in [3.05, 3.63) is 15.9 Å². The van der Waals surface area contributed by atoms with E-state index >= 15 is 0 Å². The van der Waals surface area contributed by atoms with Crippen molar-refractivity contribution in [2.45, 2.75) is 42.9 Å². The third-order valence-electron chi connectivity index (χ3n) is 5.33. The smallest absolute Gasteiger partial charge is 0.409 e. The Hall–Kier alpha value is -1.17. The van der Waals surface area contributed by atoms with Crippen LogP contribution in [-0.2, 0) is 19.6 Å². The van der Waals surface area contributed by atoms with Gasteiger partial charge in [-0.1, -0.05) is 0 Å². The lowest BCUT2D eigenvalue weighted by atomic mass is 9.96. The van der Waals surface area contributed by atoms with Crippen LogP contribution in [0.2, 0.25) is 0 Å². The molecular weight excluding hydrogens is 482 g/mol. The SMILES string of the molecule is CCOC(=O)N1CCC(NC(=O)C2CCN(S(=O)(=O)c3ccc(Br)s3)CC2)CC1. The lowest BCUT2D eigenvalue weighted by molar-refractivity contribution is -0.127. The van der Waals surface area contributed by atoms with E-state index in [1.807, 2.05) is 0 Å². The second-order valence-corrected chi connectivity index (χ2v) is 11.8. The number of sulfonamides is 1. The van der Waals surface area contributed by atoms with Crippen LogP contribution in [-0.4, -0.2) is 68.5 Å². The summed E-state index contributed by atoms with van der Waals surface area (Å²) in [4.78, 5) is 26.0. The molecule has 2 amide bonds. The van der Waals surface area contributed by atoms with Crippen LogP contribution >= 0.6 is 27.3 Å². The van der Waals surface area contributed by atoms with Crippen molar-refractivity contribution < 1.29 is 22.7 Å². The second-order valence-electron chi connectivity index (χ2n) is 7.21. The number of hydrogen-bond acceptors (Lipinski definition) is 6. The molecule has 2 aliphatic heterocycles. The highest BCUT2D eigenvalue weighted by molar-refractivity contribution is 9.11. The number of nitrogens with one attached hydrogen (secondary N) is 1. The van der Waals surface area contributed by atoms with Crippen LogP contribution in [0.4, 0.5) is 4.79 Å². The number of rotatable bonds is 5. The fourth-order valence-corrected chi connectivity index (χ4v) is 7.30. The van der Waals surface area contributed by atoms with Crippen LogP contribution in [0, 0.1) is 5.92 Å². The van der Waals surface area contributed by atoms with Gasteiger partial charge in [0.15, 0.2) is 0 Å². The zero-order chi connectivity index (χ0) is 21.0. The molecule has 2 aliphatic rings. The molecule has 0 bridgehead atoms. The van der Waals surface area contributed by atoms with Crippen molar-refractivity contribution in [2.75, 3.05) is 32.8 Å². The van der Waals surface area contributed by atoms with E-state index in [0.29, 0.717) is 62.7 Å². The van der Waals surface area contributed by atoms with Crippen LogP contribution in [0.5, 0.6) is 0 Å². The quantitative estimate of drug-likeness (QED) is 0.660. The predicted octanol–water partition coefficient (Wildman–Crippen LogP) is 2.65. The van der Waals surface area contributed by atoms with Crippen LogP contribution in [0.25, 0.3) is 0 Å². The molecule has 2 fully saturated rings. The monoisotopic (exact) mass is 507 g/mol. The van der Waals surface area contributed by atoms with Gasteiger partial charge in [-0.3, -0.25) is 4.79 Å². The Morgan fingerprint density at radius 2 is 1.83 bits per heavy atom. The van der Waals surface area contributed by atoms with E-state index in [2.05, 4.69) is 21.2 Å². The van der Waals surface area contributed by atoms with Gasteiger partial charge in [0.25, 0.3) is 10.0 Å². The molecule has 0 unspecified atom stereocenters. The molecule has 1 aromatic rings. The second kappa shape index (κ2) is 9.76. The third kappa shape index (κ3) is 5.50. The van der Waals surface area contributed by atoms with Crippen molar-refractivity contribution in [1.82, 2.24) is 14.5 Å². The van der Waals surface area contributed by atoms with Crippen molar-refractivity contribution in [1.29, 1.82) is 0 Å². The van der Waals surface area contributed by atoms with Crippen LogP contribution < -0.4 is 5.32 Å². The van der Waals surface area contributed by atoms with Crippen LogP contribution in [0.15, 0.2) is 20.1 Å². The van der Waals surface area contributed by atoms with Gasteiger partial charge in [0.1, 0.15) is 4.21 Å². The molecule has 11 heteroatoms. The highest BCUT2D eigenvalue weighted by atomic mass is 79.9. The van der Waals surface area contributed by atoms with Gasteiger partial charge >= 0.3 is 6.09 Å². The van der Waals surface area contributed by atoms with Crippen LogP contribution in [0.3, 0.4) is 0 Å². The molecule has 0 aromatic carbocycles. The van der Waals surface area contributed by atoms with Gasteiger partial charge in [0, 0.05) is 38.1 Å². The average Bonchev–Trinajstić information content (AvgIpc) is 3.16. The van der Waals surface area contributed by atoms with E-state index in [9.17, 15) is 18.0 Å². The molecule has 0 spiro atoms. The summed E-state index contributed by atoms with van der Waals surface area (Å²) >= 11 is 4.49. The van der Waals surface area contributed by atoms with Gasteiger partial charge in [-0.05, 0) is 60.7 Å². The van der Waals surface area contributed by atoms with Gasteiger partial charge in [0.2, 0.25) is 5.91 Å². The van der Waals surface area contributed by atoms with Crippen molar-refractivity contribution >= 4 is 49.3 Å². The minimum absolute atomic E-state index is 0.0181. The van der Waals surface area contributed by atoms with Crippen molar-refractivity contribution in [3.8, 4) is 0 Å². The maximum atomic E-state index is 12.7. The number of ether oxygens (including phenoxy) is 1. The Kier molecular flexibility index (Phi) is 7.58. The van der Waals surface area contributed by atoms with Crippen molar-refractivity contribution in [3.63, 3.8) is 0 Å². The first-order valence-corrected chi connectivity index (χ1v) is 12.8. The molecule has 1 aromatic heterocycles. The largest absolute Gasteiger partial charge is 0.450 e. The molecule has 0 radical (unpaired) electrons. The first-order valence-electron chi connectivity index (χ1n) is 9.78. The zero-order valence-electron chi connectivity index (χ0n) is 16.3. The number of halogens is 1. The fraction of sp³-hybridized carbons (Fsp3) is 0.667. The Balaban J connectivity index is 1.45. The van der Waals surface area contributed by atoms with Gasteiger partial charge in [-0.2, -0.15) is 4.31 Å². The van der Waals surface area contributed by atoms with E-state index in [1.54, 1.807) is 24.0 Å². The van der Waals surface area contributed by atoms with E-state index in [0.717, 1.165) is 3.79 Å². The Labute approximate surface area is 183 Å². The number of carbonyl (C=O) groups excluding carboxylic acids is 2. The maximum absolute atomic E-state index is 12.7. The number of thiophene rings is 1. The molecule has 2 saturated heterocycles. The predicted molar refractivity (Wildman–Crippen MR) is 113 cm³/mol. The summed E-state index contributed by atoms with van der Waals surface area (Å²) in [5.41, 5.74) is 0. The summed E-state index contributed by atoms with van der Waals surface area (Å²) < 4.78 is 33.0. The molecule has 1 N–H and O–H groups in total. The summed E-state index contributed by atoms with van der Waals surface area (Å²) in [7, 11) is -3.50. The summed E-state index contributed by atoms with van der Waals surface area (Å²) in [6, 6.07) is 3.37. The van der Waals surface area contributed by atoms with E-state index in [-0.39, 0.29) is 24.0 Å². The summed E-state index contributed by atoms with van der Waals surface area (Å²) in [6.45, 7) is 3.95. The maximum Gasteiger partial charge on any atom is 0.409 e. The number of amides is 2. The first kappa shape index (κ1) is 22.5. The number of nitrogens with zero attached hydrogens (tertiary/aromatic N) is 2. The topological polar surface area (TPSA) is 96.0 Å². The van der Waals surface area contributed by atoms with Gasteiger partial charge in [0.05, 0.1) is 10.4 Å². The number of piperidine rings is 2. The molecule has 0 saturated carbocycles. The molecule has 162 valence electrons. The summed E-state index contributed by atoms with van der Waals surface area (Å²) in [6.07, 6.45) is 2.12. The lowest BCUT2D eigenvalue weighted by Gasteiger charge is -2.34. The molecular formula is C18H26BrN3O5S2. The Morgan fingerprint density at radius 1 is 1.17 bits per heavy atom. The molecule has 29 heavy (non-hydrogen) atoms. The molecule has 3 heterocycles. The summed E-state index contributed by atoms with van der Waals surface area (Å²) in [5, 5.41) is 3.08. The van der Waals surface area contributed by atoms with Gasteiger partial charge < -0.3 is 15.0 Å². The number of hydrogen-bond donors (Lipinski definition) is 1.